The number of pyridine rings is 1. The summed E-state index contributed by atoms with van der Waals surface area (Å²) in [5.74, 6) is 2.80. The van der Waals surface area contributed by atoms with E-state index in [1.165, 1.54) is 0 Å². The monoisotopic (exact) mass is 250 g/mol. The second-order valence-electron chi connectivity index (χ2n) is 5.69. The van der Waals surface area contributed by atoms with Crippen LogP contribution in [0.5, 0.6) is 0 Å². The van der Waals surface area contributed by atoms with E-state index in [1.54, 1.807) is 0 Å². The Hall–Kier alpha value is -1.09. The van der Waals surface area contributed by atoms with Gasteiger partial charge in [0.05, 0.1) is 6.61 Å². The SMILES string of the molecule is Cc1cc(CO)cc(NCC(C(C)C)C(C)C)n1. The zero-order valence-electron chi connectivity index (χ0n) is 12.2. The minimum absolute atomic E-state index is 0.0653. The molecule has 3 nitrogen and oxygen atoms in total. The van der Waals surface area contributed by atoms with E-state index in [9.17, 15) is 5.11 Å². The summed E-state index contributed by atoms with van der Waals surface area (Å²) in [6.45, 7) is 12.0. The van der Waals surface area contributed by atoms with Crippen LogP contribution in [0, 0.1) is 24.7 Å². The molecule has 0 aromatic carbocycles. The van der Waals surface area contributed by atoms with E-state index in [-0.39, 0.29) is 6.61 Å². The van der Waals surface area contributed by atoms with Crippen LogP contribution >= 0.6 is 0 Å². The molecule has 0 unspecified atom stereocenters. The minimum atomic E-state index is 0.0653. The quantitative estimate of drug-likeness (QED) is 0.815. The van der Waals surface area contributed by atoms with E-state index in [0.717, 1.165) is 23.6 Å². The van der Waals surface area contributed by atoms with E-state index in [4.69, 9.17) is 0 Å². The first-order chi connectivity index (χ1) is 8.43. The molecular formula is C15H26N2O. The average Bonchev–Trinajstić information content (AvgIpc) is 2.27. The van der Waals surface area contributed by atoms with Crippen molar-refractivity contribution >= 4 is 5.82 Å². The largest absolute Gasteiger partial charge is 0.392 e. The first kappa shape index (κ1) is 15.0. The molecule has 1 aromatic heterocycles. The van der Waals surface area contributed by atoms with Crippen molar-refractivity contribution in [3.05, 3.63) is 23.4 Å². The standard InChI is InChI=1S/C15H26N2O/c1-10(2)14(11(3)4)8-16-15-7-13(9-18)6-12(5)17-15/h6-7,10-11,14,18H,8-9H2,1-5H3,(H,16,17). The molecule has 0 aliphatic carbocycles. The Morgan fingerprint density at radius 2 is 1.78 bits per heavy atom. The van der Waals surface area contributed by atoms with Crippen molar-refractivity contribution in [2.75, 3.05) is 11.9 Å². The highest BCUT2D eigenvalue weighted by atomic mass is 16.3. The number of anilines is 1. The van der Waals surface area contributed by atoms with Crippen molar-refractivity contribution in [3.63, 3.8) is 0 Å². The van der Waals surface area contributed by atoms with E-state index in [0.29, 0.717) is 17.8 Å². The Bertz CT molecular complexity index is 367. The van der Waals surface area contributed by atoms with Gasteiger partial charge in [-0.15, -0.1) is 0 Å². The molecular weight excluding hydrogens is 224 g/mol. The van der Waals surface area contributed by atoms with Gasteiger partial charge in [-0.05, 0) is 42.4 Å². The van der Waals surface area contributed by atoms with E-state index < -0.39 is 0 Å². The Kier molecular flexibility index (Phi) is 5.60. The maximum atomic E-state index is 9.18. The number of aliphatic hydroxyl groups is 1. The van der Waals surface area contributed by atoms with Gasteiger partial charge in [0.25, 0.3) is 0 Å². The number of hydrogen-bond acceptors (Lipinski definition) is 3. The van der Waals surface area contributed by atoms with Crippen LogP contribution in [0.1, 0.15) is 39.0 Å². The number of aromatic nitrogens is 1. The van der Waals surface area contributed by atoms with Crippen LogP contribution in [-0.2, 0) is 6.61 Å². The summed E-state index contributed by atoms with van der Waals surface area (Å²) in [5, 5.41) is 12.6. The predicted molar refractivity (Wildman–Crippen MR) is 76.6 cm³/mol. The van der Waals surface area contributed by atoms with Crippen LogP contribution in [-0.4, -0.2) is 16.6 Å². The van der Waals surface area contributed by atoms with Gasteiger partial charge in [-0.25, -0.2) is 4.98 Å². The van der Waals surface area contributed by atoms with Crippen LogP contribution in [0.25, 0.3) is 0 Å². The van der Waals surface area contributed by atoms with Crippen molar-refractivity contribution in [3.8, 4) is 0 Å². The molecule has 0 saturated heterocycles. The Morgan fingerprint density at radius 1 is 1.17 bits per heavy atom. The maximum Gasteiger partial charge on any atom is 0.126 e. The molecule has 2 N–H and O–H groups in total. The van der Waals surface area contributed by atoms with Gasteiger partial charge in [0.15, 0.2) is 0 Å². The summed E-state index contributed by atoms with van der Waals surface area (Å²) in [6.07, 6.45) is 0. The molecule has 1 rings (SSSR count). The van der Waals surface area contributed by atoms with Crippen molar-refractivity contribution in [2.24, 2.45) is 17.8 Å². The van der Waals surface area contributed by atoms with Crippen molar-refractivity contribution in [2.45, 2.75) is 41.2 Å². The lowest BCUT2D eigenvalue weighted by atomic mass is 9.85. The number of rotatable bonds is 6. The molecule has 0 bridgehead atoms. The molecule has 0 radical (unpaired) electrons. The number of hydrogen-bond donors (Lipinski definition) is 2. The molecule has 3 heteroatoms. The van der Waals surface area contributed by atoms with E-state index >= 15 is 0 Å². The Balaban J connectivity index is 2.70. The third-order valence-electron chi connectivity index (χ3n) is 3.43. The van der Waals surface area contributed by atoms with Gasteiger partial charge < -0.3 is 10.4 Å². The van der Waals surface area contributed by atoms with Crippen LogP contribution in [0.2, 0.25) is 0 Å². The van der Waals surface area contributed by atoms with Crippen LogP contribution in [0.4, 0.5) is 5.82 Å². The number of aryl methyl sites for hydroxylation is 1. The number of nitrogens with one attached hydrogen (secondary N) is 1. The number of aliphatic hydroxyl groups excluding tert-OH is 1. The lowest BCUT2D eigenvalue weighted by Crippen LogP contribution is -2.25. The normalized spacial score (nSPS) is 11.6. The van der Waals surface area contributed by atoms with Gasteiger partial charge >= 0.3 is 0 Å². The summed E-state index contributed by atoms with van der Waals surface area (Å²) < 4.78 is 0. The van der Waals surface area contributed by atoms with Crippen LogP contribution < -0.4 is 5.32 Å². The fourth-order valence-electron chi connectivity index (χ4n) is 2.39. The Labute approximate surface area is 111 Å². The van der Waals surface area contributed by atoms with Gasteiger partial charge in [-0.1, -0.05) is 27.7 Å². The van der Waals surface area contributed by atoms with Crippen molar-refractivity contribution in [1.29, 1.82) is 0 Å². The minimum Gasteiger partial charge on any atom is -0.392 e. The van der Waals surface area contributed by atoms with Gasteiger partial charge in [-0.3, -0.25) is 0 Å². The molecule has 0 aliphatic rings. The second-order valence-corrected chi connectivity index (χ2v) is 5.69. The summed E-state index contributed by atoms with van der Waals surface area (Å²) >= 11 is 0. The molecule has 18 heavy (non-hydrogen) atoms. The van der Waals surface area contributed by atoms with Gasteiger partial charge in [0, 0.05) is 12.2 Å². The molecule has 0 amide bonds. The zero-order chi connectivity index (χ0) is 13.7. The molecule has 0 spiro atoms. The fraction of sp³-hybridized carbons (Fsp3) is 0.667. The maximum absolute atomic E-state index is 9.18. The van der Waals surface area contributed by atoms with Crippen LogP contribution in [0.3, 0.4) is 0 Å². The average molecular weight is 250 g/mol. The highest BCUT2D eigenvalue weighted by molar-refractivity contribution is 5.39. The third kappa shape index (κ3) is 4.30. The lowest BCUT2D eigenvalue weighted by molar-refractivity contribution is 0.281. The first-order valence-electron chi connectivity index (χ1n) is 6.76. The third-order valence-corrected chi connectivity index (χ3v) is 3.43. The molecule has 0 atom stereocenters. The molecule has 102 valence electrons. The smallest absolute Gasteiger partial charge is 0.126 e. The fourth-order valence-corrected chi connectivity index (χ4v) is 2.39. The predicted octanol–water partition coefficient (Wildman–Crippen LogP) is 3.22. The Morgan fingerprint density at radius 3 is 2.28 bits per heavy atom. The molecule has 0 fully saturated rings. The van der Waals surface area contributed by atoms with E-state index in [2.05, 4.69) is 38.0 Å². The zero-order valence-corrected chi connectivity index (χ0v) is 12.2. The summed E-state index contributed by atoms with van der Waals surface area (Å²) in [5.41, 5.74) is 1.85. The first-order valence-corrected chi connectivity index (χ1v) is 6.76. The van der Waals surface area contributed by atoms with Crippen molar-refractivity contribution in [1.82, 2.24) is 4.98 Å². The molecule has 0 aliphatic heterocycles. The topological polar surface area (TPSA) is 45.1 Å². The molecule has 0 saturated carbocycles. The summed E-state index contributed by atoms with van der Waals surface area (Å²) in [6, 6.07) is 3.83. The van der Waals surface area contributed by atoms with Gasteiger partial charge in [-0.2, -0.15) is 0 Å². The highest BCUT2D eigenvalue weighted by Crippen LogP contribution is 2.21. The molecule has 1 aromatic rings. The lowest BCUT2D eigenvalue weighted by Gasteiger charge is -2.25. The van der Waals surface area contributed by atoms with Crippen molar-refractivity contribution < 1.29 is 5.11 Å². The van der Waals surface area contributed by atoms with Gasteiger partial charge in [0.2, 0.25) is 0 Å². The highest BCUT2D eigenvalue weighted by Gasteiger charge is 2.17. The van der Waals surface area contributed by atoms with E-state index in [1.807, 2.05) is 19.1 Å². The van der Waals surface area contributed by atoms with Crippen LogP contribution in [0.15, 0.2) is 12.1 Å². The summed E-state index contributed by atoms with van der Waals surface area (Å²) in [4.78, 5) is 4.45. The second kappa shape index (κ2) is 6.74. The number of nitrogens with zero attached hydrogens (tertiary/aromatic N) is 1. The molecule has 1 heterocycles. The summed E-state index contributed by atoms with van der Waals surface area (Å²) in [7, 11) is 0. The van der Waals surface area contributed by atoms with Gasteiger partial charge in [0.1, 0.15) is 5.82 Å².